The Hall–Kier alpha value is -8.62. The number of para-hydroxylation sites is 2. The number of nitrogens with two attached hydrogens (primary N) is 2. The fourth-order valence-corrected chi connectivity index (χ4v) is 6.80. The van der Waals surface area contributed by atoms with E-state index in [-0.39, 0.29) is 22.8 Å². The van der Waals surface area contributed by atoms with Gasteiger partial charge in [0.05, 0.1) is 22.8 Å². The molecule has 0 spiro atoms. The molecule has 0 unspecified atom stereocenters. The average Bonchev–Trinajstić information content (AvgIpc) is 3.30. The van der Waals surface area contributed by atoms with Crippen LogP contribution in [0, 0.1) is 21.6 Å². The first-order valence-electron chi connectivity index (χ1n) is 20.0. The highest BCUT2D eigenvalue weighted by molar-refractivity contribution is 6.49. The molecule has 0 fully saturated rings. The molecular formula is C54H46N8. The van der Waals surface area contributed by atoms with Crippen LogP contribution in [0.5, 0.6) is 0 Å². The summed E-state index contributed by atoms with van der Waals surface area (Å²) in [6, 6.07) is 62.8. The second-order valence-corrected chi connectivity index (χ2v) is 14.3. The van der Waals surface area contributed by atoms with Crippen LogP contribution in [0.2, 0.25) is 0 Å². The van der Waals surface area contributed by atoms with E-state index in [9.17, 15) is 0 Å². The fourth-order valence-electron chi connectivity index (χ4n) is 6.80. The van der Waals surface area contributed by atoms with Crippen LogP contribution < -0.4 is 21.3 Å². The van der Waals surface area contributed by atoms with Crippen molar-refractivity contribution in [3.8, 4) is 22.3 Å². The lowest BCUT2D eigenvalue weighted by Gasteiger charge is -2.26. The number of hydrogen-bond donors (Lipinski definition) is 6. The first-order chi connectivity index (χ1) is 30.2. The van der Waals surface area contributed by atoms with Gasteiger partial charge in [-0.1, -0.05) is 121 Å². The van der Waals surface area contributed by atoms with Gasteiger partial charge < -0.3 is 21.3 Å². The van der Waals surface area contributed by atoms with Crippen LogP contribution in [-0.2, 0) is 0 Å². The van der Waals surface area contributed by atoms with Gasteiger partial charge >= 0.3 is 0 Å². The van der Waals surface area contributed by atoms with E-state index in [0.717, 1.165) is 56.6 Å². The number of nitrogen functional groups attached to an aromatic ring is 2. The molecule has 8 heteroatoms. The van der Waals surface area contributed by atoms with Crippen LogP contribution in [0.4, 0.5) is 45.5 Å². The fraction of sp³-hybridized carbons (Fsp3) is 0. The molecule has 2 aliphatic carbocycles. The lowest BCUT2D eigenvalue weighted by atomic mass is 9.99. The minimum absolute atomic E-state index is 0.285. The van der Waals surface area contributed by atoms with E-state index >= 15 is 0 Å². The molecule has 0 aromatic heterocycles. The maximum atomic E-state index is 7.03. The Labute approximate surface area is 362 Å². The lowest BCUT2D eigenvalue weighted by molar-refractivity contribution is 1.28. The van der Waals surface area contributed by atoms with Crippen molar-refractivity contribution in [1.82, 2.24) is 0 Å². The summed E-state index contributed by atoms with van der Waals surface area (Å²) < 4.78 is 0. The summed E-state index contributed by atoms with van der Waals surface area (Å²) in [5.41, 5.74) is 25.9. The third-order valence-electron chi connectivity index (χ3n) is 9.94. The van der Waals surface area contributed by atoms with Gasteiger partial charge in [0, 0.05) is 45.5 Å². The van der Waals surface area contributed by atoms with E-state index in [4.69, 9.17) is 33.1 Å². The van der Waals surface area contributed by atoms with E-state index in [1.165, 1.54) is 11.1 Å². The standard InChI is InChI=1S/C42H34N4.2C6H6N2/c43-35-9-7-15-41(29-35)45(37-11-3-1-4-12-37)39-25-21-33(22-26-39)31-17-19-32(20-18-31)34-23-27-40(28-24-34)46(38-13-5-2-6-14-38)42-16-8-10-36(44)30-42;2*7-5-3-1-2-4-6(5)8/h1-30H,43-44H2;2*1-4,7-8H. The Morgan fingerprint density at radius 2 is 0.532 bits per heavy atom. The van der Waals surface area contributed by atoms with Crippen molar-refractivity contribution in [2.45, 2.75) is 0 Å². The van der Waals surface area contributed by atoms with Crippen molar-refractivity contribution in [2.75, 3.05) is 21.3 Å². The zero-order valence-corrected chi connectivity index (χ0v) is 34.0. The van der Waals surface area contributed by atoms with Crippen LogP contribution in [0.1, 0.15) is 0 Å². The zero-order valence-electron chi connectivity index (χ0n) is 34.0. The highest BCUT2D eigenvalue weighted by Crippen LogP contribution is 2.38. The van der Waals surface area contributed by atoms with Crippen LogP contribution >= 0.6 is 0 Å². The minimum atomic E-state index is 0.285. The normalized spacial score (nSPS) is 12.5. The molecule has 9 rings (SSSR count). The SMILES string of the molecule is N=C1C=CC=CC1=N.N=C1C=CC=CC1=N.Nc1cccc(N(c2ccccc2)c2ccc(-c3ccc(-c4ccc(N(c5ccccc5)c5cccc(N)c5)cc4)cc3)cc2)c1. The quantitative estimate of drug-likeness (QED) is 0.0668. The highest BCUT2D eigenvalue weighted by Gasteiger charge is 2.14. The van der Waals surface area contributed by atoms with E-state index < -0.39 is 0 Å². The summed E-state index contributed by atoms with van der Waals surface area (Å²) in [7, 11) is 0. The number of anilines is 8. The molecule has 0 saturated heterocycles. The summed E-state index contributed by atoms with van der Waals surface area (Å²) in [6.45, 7) is 0. The van der Waals surface area contributed by atoms with Crippen molar-refractivity contribution in [1.29, 1.82) is 21.6 Å². The Bertz CT molecular complexity index is 2560. The predicted octanol–water partition coefficient (Wildman–Crippen LogP) is 13.4. The number of allylic oxidation sites excluding steroid dienone is 8. The molecule has 7 aromatic carbocycles. The van der Waals surface area contributed by atoms with Gasteiger partial charge in [-0.25, -0.2) is 0 Å². The molecule has 8 nitrogen and oxygen atoms in total. The molecule has 0 radical (unpaired) electrons. The first-order valence-corrected chi connectivity index (χ1v) is 20.0. The maximum Gasteiger partial charge on any atom is 0.0789 e. The van der Waals surface area contributed by atoms with Crippen LogP contribution in [0.25, 0.3) is 22.3 Å². The zero-order chi connectivity index (χ0) is 43.3. The Morgan fingerprint density at radius 3 is 0.806 bits per heavy atom. The van der Waals surface area contributed by atoms with Gasteiger partial charge in [0.1, 0.15) is 0 Å². The molecule has 0 heterocycles. The van der Waals surface area contributed by atoms with Gasteiger partial charge in [0.25, 0.3) is 0 Å². The second-order valence-electron chi connectivity index (χ2n) is 14.3. The smallest absolute Gasteiger partial charge is 0.0789 e. The molecule has 7 aromatic rings. The molecule has 62 heavy (non-hydrogen) atoms. The van der Waals surface area contributed by atoms with Crippen molar-refractivity contribution in [3.05, 3.63) is 231 Å². The van der Waals surface area contributed by atoms with E-state index in [2.05, 4.69) is 143 Å². The highest BCUT2D eigenvalue weighted by atomic mass is 15.1. The molecule has 2 aliphatic rings. The van der Waals surface area contributed by atoms with E-state index in [1.807, 2.05) is 48.5 Å². The molecule has 0 aliphatic heterocycles. The maximum absolute atomic E-state index is 7.03. The van der Waals surface area contributed by atoms with Crippen LogP contribution in [-0.4, -0.2) is 22.8 Å². The Morgan fingerprint density at radius 1 is 0.274 bits per heavy atom. The Kier molecular flexibility index (Phi) is 13.3. The summed E-state index contributed by atoms with van der Waals surface area (Å²) in [5.74, 6) is 0. The minimum Gasteiger partial charge on any atom is -0.399 e. The summed E-state index contributed by atoms with van der Waals surface area (Å²) in [4.78, 5) is 4.44. The van der Waals surface area contributed by atoms with Gasteiger partial charge in [0.15, 0.2) is 0 Å². The second kappa shape index (κ2) is 19.9. The third kappa shape index (κ3) is 10.5. The molecule has 302 valence electrons. The number of benzene rings is 7. The van der Waals surface area contributed by atoms with Gasteiger partial charge in [-0.05, 0) is 131 Å². The van der Waals surface area contributed by atoms with Crippen LogP contribution in [0.15, 0.2) is 231 Å². The molecule has 0 bridgehead atoms. The number of hydrogen-bond acceptors (Lipinski definition) is 8. The molecule has 0 saturated carbocycles. The predicted molar refractivity (Wildman–Crippen MR) is 263 cm³/mol. The molecule has 0 atom stereocenters. The molecule has 0 amide bonds. The average molecular weight is 807 g/mol. The molecule has 8 N–H and O–H groups in total. The van der Waals surface area contributed by atoms with E-state index in [0.29, 0.717) is 0 Å². The third-order valence-corrected chi connectivity index (χ3v) is 9.94. The van der Waals surface area contributed by atoms with Gasteiger partial charge in [0.2, 0.25) is 0 Å². The topological polar surface area (TPSA) is 154 Å². The van der Waals surface area contributed by atoms with E-state index in [1.54, 1.807) is 48.6 Å². The largest absolute Gasteiger partial charge is 0.399 e. The summed E-state index contributed by atoms with van der Waals surface area (Å²) in [6.07, 6.45) is 13.4. The first kappa shape index (κ1) is 41.5. The van der Waals surface area contributed by atoms with Gasteiger partial charge in [-0.15, -0.1) is 0 Å². The summed E-state index contributed by atoms with van der Waals surface area (Å²) in [5, 5.41) is 28.1. The monoisotopic (exact) mass is 806 g/mol. The Balaban J connectivity index is 0.000000301. The van der Waals surface area contributed by atoms with Crippen LogP contribution in [0.3, 0.4) is 0 Å². The van der Waals surface area contributed by atoms with Crippen molar-refractivity contribution in [3.63, 3.8) is 0 Å². The van der Waals surface area contributed by atoms with Crippen molar-refractivity contribution < 1.29 is 0 Å². The number of nitrogens with one attached hydrogen (secondary N) is 4. The van der Waals surface area contributed by atoms with Crippen molar-refractivity contribution >= 4 is 68.3 Å². The van der Waals surface area contributed by atoms with Crippen molar-refractivity contribution in [2.24, 2.45) is 0 Å². The molecular weight excluding hydrogens is 761 g/mol. The number of rotatable bonds is 8. The van der Waals surface area contributed by atoms with Gasteiger partial charge in [-0.3, -0.25) is 21.6 Å². The lowest BCUT2D eigenvalue weighted by Crippen LogP contribution is -2.10. The van der Waals surface area contributed by atoms with Gasteiger partial charge in [-0.2, -0.15) is 0 Å². The summed E-state index contributed by atoms with van der Waals surface area (Å²) >= 11 is 0. The number of nitrogens with zero attached hydrogens (tertiary/aromatic N) is 2.